The molecule has 1 saturated heterocycles. The molecular formula is C23H26N4O4. The van der Waals surface area contributed by atoms with Crippen molar-refractivity contribution in [2.24, 2.45) is 0 Å². The predicted octanol–water partition coefficient (Wildman–Crippen LogP) is 2.17. The number of anilines is 1. The second-order valence-corrected chi connectivity index (χ2v) is 7.88. The fourth-order valence-corrected chi connectivity index (χ4v) is 3.56. The van der Waals surface area contributed by atoms with Crippen LogP contribution in [0.25, 0.3) is 0 Å². The summed E-state index contributed by atoms with van der Waals surface area (Å²) in [6.07, 6.45) is 0. The summed E-state index contributed by atoms with van der Waals surface area (Å²) in [7, 11) is 1.46. The van der Waals surface area contributed by atoms with E-state index in [2.05, 4.69) is 10.6 Å². The van der Waals surface area contributed by atoms with E-state index >= 15 is 0 Å². The van der Waals surface area contributed by atoms with Gasteiger partial charge in [-0.25, -0.2) is 4.79 Å². The van der Waals surface area contributed by atoms with Gasteiger partial charge in [-0.3, -0.25) is 19.3 Å². The van der Waals surface area contributed by atoms with Gasteiger partial charge < -0.3 is 15.5 Å². The van der Waals surface area contributed by atoms with Crippen molar-refractivity contribution >= 4 is 29.4 Å². The monoisotopic (exact) mass is 422 g/mol. The van der Waals surface area contributed by atoms with Gasteiger partial charge in [0.15, 0.2) is 0 Å². The number of hydrogen-bond donors (Lipinski definition) is 2. The molecule has 2 aromatic rings. The third kappa shape index (κ3) is 4.42. The number of amides is 5. The van der Waals surface area contributed by atoms with E-state index in [0.717, 1.165) is 16.0 Å². The molecule has 1 aliphatic heterocycles. The van der Waals surface area contributed by atoms with Crippen LogP contribution in [0.4, 0.5) is 10.5 Å². The quantitative estimate of drug-likeness (QED) is 0.697. The first-order valence-corrected chi connectivity index (χ1v) is 9.93. The zero-order valence-electron chi connectivity index (χ0n) is 18.1. The number of benzene rings is 2. The second kappa shape index (κ2) is 8.59. The van der Waals surface area contributed by atoms with Gasteiger partial charge in [0.2, 0.25) is 11.8 Å². The Hall–Kier alpha value is -3.68. The normalized spacial score (nSPS) is 18.0. The Labute approximate surface area is 181 Å². The van der Waals surface area contributed by atoms with Crippen LogP contribution in [0.5, 0.6) is 0 Å². The van der Waals surface area contributed by atoms with Crippen LogP contribution in [-0.4, -0.2) is 53.7 Å². The molecule has 8 nitrogen and oxygen atoms in total. The molecule has 2 N–H and O–H groups in total. The maximum atomic E-state index is 12.9. The van der Waals surface area contributed by atoms with Crippen LogP contribution in [0.2, 0.25) is 0 Å². The van der Waals surface area contributed by atoms with Crippen molar-refractivity contribution in [3.8, 4) is 0 Å². The Kier molecular flexibility index (Phi) is 6.10. The zero-order chi connectivity index (χ0) is 22.8. The molecule has 0 bridgehead atoms. The average molecular weight is 422 g/mol. The number of nitrogens with zero attached hydrogens (tertiary/aromatic N) is 2. The molecular weight excluding hydrogens is 396 g/mol. The highest BCUT2D eigenvalue weighted by molar-refractivity contribution is 6.09. The summed E-state index contributed by atoms with van der Waals surface area (Å²) in [5.41, 5.74) is 1.94. The van der Waals surface area contributed by atoms with Crippen molar-refractivity contribution in [3.05, 3.63) is 65.2 Å². The number of carbonyl (C=O) groups excluding carboxylic acids is 4. The van der Waals surface area contributed by atoms with Crippen LogP contribution in [0, 0.1) is 13.8 Å². The van der Waals surface area contributed by atoms with E-state index in [0.29, 0.717) is 11.3 Å². The molecule has 2 aromatic carbocycles. The largest absolute Gasteiger partial charge is 0.335 e. The molecule has 1 aliphatic rings. The Balaban J connectivity index is 1.63. The minimum Gasteiger partial charge on any atom is -0.335 e. The van der Waals surface area contributed by atoms with Crippen molar-refractivity contribution in [1.82, 2.24) is 15.1 Å². The Morgan fingerprint density at radius 2 is 1.65 bits per heavy atom. The van der Waals surface area contributed by atoms with Crippen LogP contribution in [0.1, 0.15) is 23.6 Å². The van der Waals surface area contributed by atoms with Crippen molar-refractivity contribution in [1.29, 1.82) is 0 Å². The highest BCUT2D eigenvalue weighted by atomic mass is 16.2. The fraction of sp³-hybridized carbons (Fsp3) is 0.304. The second-order valence-electron chi connectivity index (χ2n) is 7.88. The van der Waals surface area contributed by atoms with Gasteiger partial charge in [-0.05, 0) is 37.5 Å². The Morgan fingerprint density at radius 1 is 1.03 bits per heavy atom. The first kappa shape index (κ1) is 22.0. The van der Waals surface area contributed by atoms with Crippen LogP contribution >= 0.6 is 0 Å². The summed E-state index contributed by atoms with van der Waals surface area (Å²) in [5, 5.41) is 5.48. The number of aryl methyl sites for hydroxylation is 2. The van der Waals surface area contributed by atoms with Crippen LogP contribution in [0.3, 0.4) is 0 Å². The van der Waals surface area contributed by atoms with Gasteiger partial charge in [0.05, 0.1) is 6.54 Å². The average Bonchev–Trinajstić information content (AvgIpc) is 2.95. The van der Waals surface area contributed by atoms with Crippen LogP contribution in [0.15, 0.2) is 48.5 Å². The smallest absolute Gasteiger partial charge is 0.325 e. The van der Waals surface area contributed by atoms with Crippen molar-refractivity contribution in [3.63, 3.8) is 0 Å². The lowest BCUT2D eigenvalue weighted by Crippen LogP contribution is -2.45. The highest BCUT2D eigenvalue weighted by Gasteiger charge is 2.49. The molecule has 0 aromatic heterocycles. The maximum Gasteiger partial charge on any atom is 0.325 e. The Morgan fingerprint density at radius 3 is 2.26 bits per heavy atom. The molecule has 0 saturated carbocycles. The highest BCUT2D eigenvalue weighted by Crippen LogP contribution is 2.28. The molecule has 162 valence electrons. The molecule has 8 heteroatoms. The number of nitrogens with one attached hydrogen (secondary N) is 2. The van der Waals surface area contributed by atoms with E-state index in [-0.39, 0.29) is 12.5 Å². The van der Waals surface area contributed by atoms with Gasteiger partial charge in [0, 0.05) is 12.7 Å². The summed E-state index contributed by atoms with van der Waals surface area (Å²) in [5.74, 6) is -1.39. The summed E-state index contributed by atoms with van der Waals surface area (Å²) < 4.78 is 0. The molecule has 1 fully saturated rings. The number of hydrogen-bond acceptors (Lipinski definition) is 4. The summed E-state index contributed by atoms with van der Waals surface area (Å²) >= 11 is 0. The van der Waals surface area contributed by atoms with Gasteiger partial charge in [0.25, 0.3) is 5.91 Å². The minimum absolute atomic E-state index is 0.202. The van der Waals surface area contributed by atoms with Crippen LogP contribution < -0.4 is 10.6 Å². The van der Waals surface area contributed by atoms with Gasteiger partial charge in [0.1, 0.15) is 12.1 Å². The SMILES string of the molecule is Cc1cccc(C)c1NC(=O)CN(C)C(=O)CN1C(=O)N[C@](C)(c2ccccc2)C1=O. The van der Waals surface area contributed by atoms with Gasteiger partial charge in [-0.2, -0.15) is 0 Å². The van der Waals surface area contributed by atoms with Crippen LogP contribution in [-0.2, 0) is 19.9 Å². The fourth-order valence-electron chi connectivity index (χ4n) is 3.56. The lowest BCUT2D eigenvalue weighted by molar-refractivity contribution is -0.139. The number of urea groups is 1. The van der Waals surface area contributed by atoms with E-state index in [1.165, 1.54) is 11.9 Å². The number of imide groups is 1. The van der Waals surface area contributed by atoms with E-state index in [1.54, 1.807) is 31.2 Å². The zero-order valence-corrected chi connectivity index (χ0v) is 18.1. The van der Waals surface area contributed by atoms with E-state index < -0.39 is 29.9 Å². The molecule has 0 unspecified atom stereocenters. The van der Waals surface area contributed by atoms with Crippen molar-refractivity contribution in [2.75, 3.05) is 25.5 Å². The van der Waals surface area contributed by atoms with Gasteiger partial charge >= 0.3 is 6.03 Å². The predicted molar refractivity (Wildman–Crippen MR) is 116 cm³/mol. The lowest BCUT2D eigenvalue weighted by Gasteiger charge is -2.23. The molecule has 1 heterocycles. The van der Waals surface area contributed by atoms with E-state index in [4.69, 9.17) is 0 Å². The third-order valence-corrected chi connectivity index (χ3v) is 5.47. The maximum absolute atomic E-state index is 12.9. The Bertz CT molecular complexity index is 1020. The lowest BCUT2D eigenvalue weighted by atomic mass is 9.92. The van der Waals surface area contributed by atoms with Gasteiger partial charge in [-0.15, -0.1) is 0 Å². The standard InChI is InChI=1S/C23H26N4O4/c1-15-9-8-10-16(2)20(15)24-18(28)13-26(4)19(29)14-27-21(30)23(3,25-22(27)31)17-11-6-5-7-12-17/h5-12H,13-14H2,1-4H3,(H,24,28)(H,25,31)/t23-/m1/s1. The molecule has 0 aliphatic carbocycles. The van der Waals surface area contributed by atoms with E-state index in [9.17, 15) is 19.2 Å². The van der Waals surface area contributed by atoms with Gasteiger partial charge in [-0.1, -0.05) is 48.5 Å². The molecule has 1 atom stereocenters. The number of carbonyl (C=O) groups is 4. The third-order valence-electron chi connectivity index (χ3n) is 5.47. The summed E-state index contributed by atoms with van der Waals surface area (Å²) in [6, 6.07) is 13.9. The molecule has 5 amide bonds. The molecule has 3 rings (SSSR count). The molecule has 0 radical (unpaired) electrons. The van der Waals surface area contributed by atoms with Crippen molar-refractivity contribution < 1.29 is 19.2 Å². The summed E-state index contributed by atoms with van der Waals surface area (Å²) in [4.78, 5) is 52.5. The van der Waals surface area contributed by atoms with E-state index in [1.807, 2.05) is 38.1 Å². The minimum atomic E-state index is -1.24. The molecule has 31 heavy (non-hydrogen) atoms. The first-order valence-electron chi connectivity index (χ1n) is 9.93. The first-order chi connectivity index (χ1) is 14.6. The summed E-state index contributed by atoms with van der Waals surface area (Å²) in [6.45, 7) is 4.73. The molecule has 0 spiro atoms. The topological polar surface area (TPSA) is 98.8 Å². The number of rotatable bonds is 6. The number of likely N-dealkylation sites (N-methyl/N-ethyl adjacent to an activating group) is 1. The van der Waals surface area contributed by atoms with Crippen molar-refractivity contribution in [2.45, 2.75) is 26.3 Å². The number of para-hydroxylation sites is 1.